The van der Waals surface area contributed by atoms with Gasteiger partial charge in [0.05, 0.1) is 21.5 Å². The molecule has 0 radical (unpaired) electrons. The zero-order valence-corrected chi connectivity index (χ0v) is 21.7. The van der Waals surface area contributed by atoms with Gasteiger partial charge in [0.1, 0.15) is 0 Å². The Hall–Kier alpha value is -3.02. The highest BCUT2D eigenvalue weighted by Gasteiger charge is 2.19. The summed E-state index contributed by atoms with van der Waals surface area (Å²) in [6.45, 7) is 5.18. The second kappa shape index (κ2) is 11.8. The zero-order chi connectivity index (χ0) is 25.7. The number of nitrogens with zero attached hydrogens (tertiary/aromatic N) is 2. The number of benzene rings is 2. The molecule has 0 aliphatic rings. The molecule has 0 aliphatic heterocycles. The Morgan fingerprint density at radius 2 is 0.972 bits per heavy atom. The summed E-state index contributed by atoms with van der Waals surface area (Å²) in [4.78, 5) is 52.4. The van der Waals surface area contributed by atoms with E-state index < -0.39 is 0 Å². The van der Waals surface area contributed by atoms with Gasteiger partial charge in [0, 0.05) is 13.1 Å². The lowest BCUT2D eigenvalue weighted by molar-refractivity contribution is 0.547. The highest BCUT2D eigenvalue weighted by Crippen LogP contribution is 2.25. The lowest BCUT2D eigenvalue weighted by Crippen LogP contribution is -2.25. The fourth-order valence-electron chi connectivity index (χ4n) is 5.40. The van der Waals surface area contributed by atoms with E-state index in [0.29, 0.717) is 45.4 Å². The maximum atomic E-state index is 13.3. The quantitative estimate of drug-likeness (QED) is 0.210. The third-order valence-corrected chi connectivity index (χ3v) is 7.51. The second-order valence-corrected chi connectivity index (χ2v) is 10.2. The van der Waals surface area contributed by atoms with Crippen molar-refractivity contribution in [2.24, 2.45) is 0 Å². The Labute approximate surface area is 211 Å². The summed E-state index contributed by atoms with van der Waals surface area (Å²) in [5.74, 6) is 0. The van der Waals surface area contributed by atoms with Crippen LogP contribution in [0, 0.1) is 0 Å². The molecule has 6 nitrogen and oxygen atoms in total. The van der Waals surface area contributed by atoms with Crippen molar-refractivity contribution in [3.63, 3.8) is 0 Å². The van der Waals surface area contributed by atoms with Gasteiger partial charge >= 0.3 is 0 Å². The van der Waals surface area contributed by atoms with Crippen LogP contribution in [0.1, 0.15) is 90.9 Å². The predicted molar refractivity (Wildman–Crippen MR) is 149 cm³/mol. The Balaban J connectivity index is 1.65. The molecule has 0 aliphatic carbocycles. The van der Waals surface area contributed by atoms with E-state index in [9.17, 15) is 19.2 Å². The van der Waals surface area contributed by atoms with Crippen LogP contribution < -0.4 is 22.2 Å². The topological polar surface area (TPSA) is 78.1 Å². The summed E-state index contributed by atoms with van der Waals surface area (Å²) in [6.07, 6.45) is 12.9. The van der Waals surface area contributed by atoms with Gasteiger partial charge < -0.3 is 0 Å². The summed E-state index contributed by atoms with van der Waals surface area (Å²) in [5, 5.41) is 2.76. The first-order chi connectivity index (χ1) is 17.5. The molecule has 0 saturated carbocycles. The van der Waals surface area contributed by atoms with Gasteiger partial charge in [-0.05, 0) is 41.8 Å². The van der Waals surface area contributed by atoms with Crippen LogP contribution in [-0.2, 0) is 13.1 Å². The van der Waals surface area contributed by atoms with Crippen molar-refractivity contribution in [2.45, 2.75) is 104 Å². The molecule has 2 aromatic carbocycles. The van der Waals surface area contributed by atoms with Gasteiger partial charge in [-0.3, -0.25) is 28.3 Å². The van der Waals surface area contributed by atoms with Crippen LogP contribution in [0.25, 0.3) is 32.3 Å². The van der Waals surface area contributed by atoms with Crippen molar-refractivity contribution in [3.05, 3.63) is 65.7 Å². The van der Waals surface area contributed by atoms with Crippen molar-refractivity contribution >= 4 is 32.3 Å². The largest absolute Gasteiger partial charge is 0.274 e. The number of rotatable bonds is 14. The minimum atomic E-state index is -0.302. The SMILES string of the molecule is CCCCCCCCn1c(=O)c2cc3ccc4c(=O)n(CCCCCCCC)c(=O)c4c3cc2c1=O. The number of hydrogen-bond acceptors (Lipinski definition) is 4. The van der Waals surface area contributed by atoms with Gasteiger partial charge in [0.25, 0.3) is 22.2 Å². The molecule has 0 saturated heterocycles. The van der Waals surface area contributed by atoms with E-state index in [2.05, 4.69) is 13.8 Å². The smallest absolute Gasteiger partial charge is 0.262 e. The van der Waals surface area contributed by atoms with Crippen LogP contribution in [0.5, 0.6) is 0 Å². The molecule has 0 atom stereocenters. The van der Waals surface area contributed by atoms with E-state index in [4.69, 9.17) is 0 Å². The molecule has 0 spiro atoms. The molecule has 0 fully saturated rings. The lowest BCUT2D eigenvalue weighted by atomic mass is 10.0. The molecule has 6 heteroatoms. The van der Waals surface area contributed by atoms with Crippen molar-refractivity contribution < 1.29 is 0 Å². The molecule has 36 heavy (non-hydrogen) atoms. The Kier molecular flexibility index (Phi) is 8.55. The molecule has 2 aromatic heterocycles. The molecule has 0 N–H and O–H groups in total. The summed E-state index contributed by atoms with van der Waals surface area (Å²) >= 11 is 0. The highest BCUT2D eigenvalue weighted by atomic mass is 16.2. The second-order valence-electron chi connectivity index (χ2n) is 10.2. The predicted octanol–water partition coefficient (Wildman–Crippen LogP) is 5.79. The van der Waals surface area contributed by atoms with Gasteiger partial charge in [-0.1, -0.05) is 84.1 Å². The number of unbranched alkanes of at least 4 members (excludes halogenated alkanes) is 10. The van der Waals surface area contributed by atoms with Crippen molar-refractivity contribution in [2.75, 3.05) is 0 Å². The number of hydrogen-bond donors (Lipinski definition) is 0. The van der Waals surface area contributed by atoms with Crippen molar-refractivity contribution in [1.29, 1.82) is 0 Å². The van der Waals surface area contributed by atoms with E-state index in [1.54, 1.807) is 24.3 Å². The average molecular weight is 491 g/mol. The van der Waals surface area contributed by atoms with Gasteiger partial charge in [0.2, 0.25) is 0 Å². The molecule has 4 rings (SSSR count). The fourth-order valence-corrected chi connectivity index (χ4v) is 5.40. The van der Waals surface area contributed by atoms with Crippen LogP contribution in [-0.4, -0.2) is 9.13 Å². The Morgan fingerprint density at radius 3 is 1.56 bits per heavy atom. The molecule has 4 aromatic rings. The molecule has 0 unspecified atom stereocenters. The van der Waals surface area contributed by atoms with Crippen LogP contribution in [0.4, 0.5) is 0 Å². The fraction of sp³-hybridized carbons (Fsp3) is 0.533. The first-order valence-corrected chi connectivity index (χ1v) is 13.8. The molecular formula is C30H38N2O4. The van der Waals surface area contributed by atoms with Crippen LogP contribution in [0.3, 0.4) is 0 Å². The lowest BCUT2D eigenvalue weighted by Gasteiger charge is -2.01. The van der Waals surface area contributed by atoms with E-state index in [1.165, 1.54) is 47.7 Å². The van der Waals surface area contributed by atoms with Gasteiger partial charge in [0.15, 0.2) is 0 Å². The molecule has 192 valence electrons. The van der Waals surface area contributed by atoms with Crippen molar-refractivity contribution in [1.82, 2.24) is 9.13 Å². The standard InChI is InChI=1S/C30H38N2O4/c1-3-5-7-9-11-13-17-31-28(34)24-19-21-15-16-22-26(23(21)20-25(24)29(31)35)30(36)32(27(22)33)18-14-12-10-8-6-4-2/h15-16,19-20H,3-14,17-18H2,1-2H3. The van der Waals surface area contributed by atoms with Gasteiger partial charge in [-0.2, -0.15) is 0 Å². The third-order valence-electron chi connectivity index (χ3n) is 7.51. The summed E-state index contributed by atoms with van der Waals surface area (Å²) in [5.41, 5.74) is -1.13. The average Bonchev–Trinajstić information content (AvgIpc) is 3.26. The summed E-state index contributed by atoms with van der Waals surface area (Å²) in [6, 6.07) is 6.83. The summed E-state index contributed by atoms with van der Waals surface area (Å²) in [7, 11) is 0. The van der Waals surface area contributed by atoms with Crippen molar-refractivity contribution in [3.8, 4) is 0 Å². The highest BCUT2D eigenvalue weighted by molar-refractivity contribution is 6.11. The Bertz CT molecular complexity index is 1540. The molecule has 0 amide bonds. The molecule has 0 bridgehead atoms. The maximum Gasteiger partial charge on any atom is 0.262 e. The van der Waals surface area contributed by atoms with Crippen LogP contribution in [0.2, 0.25) is 0 Å². The van der Waals surface area contributed by atoms with Gasteiger partial charge in [-0.15, -0.1) is 0 Å². The first kappa shape index (κ1) is 26.1. The zero-order valence-electron chi connectivity index (χ0n) is 21.7. The van der Waals surface area contributed by atoms with E-state index in [1.807, 2.05) is 0 Å². The normalized spacial score (nSPS) is 11.9. The molecule has 2 heterocycles. The Morgan fingerprint density at radius 1 is 0.500 bits per heavy atom. The summed E-state index contributed by atoms with van der Waals surface area (Å²) < 4.78 is 2.68. The number of fused-ring (bicyclic) bond motifs is 4. The maximum absolute atomic E-state index is 13.3. The minimum Gasteiger partial charge on any atom is -0.274 e. The molecular weight excluding hydrogens is 452 g/mol. The van der Waals surface area contributed by atoms with E-state index >= 15 is 0 Å². The first-order valence-electron chi connectivity index (χ1n) is 13.8. The van der Waals surface area contributed by atoms with Crippen LogP contribution in [0.15, 0.2) is 43.4 Å². The van der Waals surface area contributed by atoms with Gasteiger partial charge in [-0.25, -0.2) is 0 Å². The van der Waals surface area contributed by atoms with E-state index in [0.717, 1.165) is 38.5 Å². The van der Waals surface area contributed by atoms with Crippen LogP contribution >= 0.6 is 0 Å². The number of aromatic nitrogens is 2. The monoisotopic (exact) mass is 490 g/mol. The minimum absolute atomic E-state index is 0.266. The van der Waals surface area contributed by atoms with E-state index in [-0.39, 0.29) is 22.2 Å². The third kappa shape index (κ3) is 5.09.